The van der Waals surface area contributed by atoms with Crippen LogP contribution in [0, 0.1) is 5.92 Å². The Bertz CT molecular complexity index is 374. The molecule has 3 N–H and O–H groups in total. The fourth-order valence-electron chi connectivity index (χ4n) is 1.39. The van der Waals surface area contributed by atoms with E-state index in [2.05, 4.69) is 0 Å². The zero-order valence-corrected chi connectivity index (χ0v) is 10.6. The van der Waals surface area contributed by atoms with Crippen molar-refractivity contribution in [2.75, 3.05) is 11.9 Å². The molecule has 1 atom stereocenters. The molecule has 0 bridgehead atoms. The number of hydrogen-bond donors (Lipinski definition) is 2. The van der Waals surface area contributed by atoms with Crippen molar-refractivity contribution < 1.29 is 9.90 Å². The van der Waals surface area contributed by atoms with Gasteiger partial charge in [-0.1, -0.05) is 13.8 Å². The SMILES string of the molecule is CC(C)C(N)CC(=O)N(C)c1ccc(O)cc1. The van der Waals surface area contributed by atoms with Crippen LogP contribution >= 0.6 is 0 Å². The van der Waals surface area contributed by atoms with Crippen LogP contribution in [0.3, 0.4) is 0 Å². The Kier molecular flexibility index (Phi) is 4.52. The van der Waals surface area contributed by atoms with Crippen molar-refractivity contribution in [2.24, 2.45) is 11.7 Å². The maximum absolute atomic E-state index is 11.9. The largest absolute Gasteiger partial charge is 0.508 e. The topological polar surface area (TPSA) is 66.6 Å². The van der Waals surface area contributed by atoms with E-state index in [4.69, 9.17) is 5.73 Å². The number of rotatable bonds is 4. The third kappa shape index (κ3) is 3.75. The average Bonchev–Trinajstić information content (AvgIpc) is 2.28. The minimum Gasteiger partial charge on any atom is -0.508 e. The lowest BCUT2D eigenvalue weighted by Crippen LogP contribution is -2.36. The minimum atomic E-state index is -0.123. The lowest BCUT2D eigenvalue weighted by molar-refractivity contribution is -0.118. The summed E-state index contributed by atoms with van der Waals surface area (Å²) >= 11 is 0. The van der Waals surface area contributed by atoms with Crippen molar-refractivity contribution >= 4 is 11.6 Å². The Labute approximate surface area is 102 Å². The van der Waals surface area contributed by atoms with Gasteiger partial charge in [0.1, 0.15) is 5.75 Å². The van der Waals surface area contributed by atoms with Crippen molar-refractivity contribution in [3.8, 4) is 5.75 Å². The van der Waals surface area contributed by atoms with Crippen molar-refractivity contribution in [2.45, 2.75) is 26.3 Å². The number of phenols is 1. The van der Waals surface area contributed by atoms with Crippen LogP contribution in [0.1, 0.15) is 20.3 Å². The van der Waals surface area contributed by atoms with E-state index >= 15 is 0 Å². The normalized spacial score (nSPS) is 12.5. The van der Waals surface area contributed by atoms with Gasteiger partial charge in [0.15, 0.2) is 0 Å². The highest BCUT2D eigenvalue weighted by atomic mass is 16.3. The summed E-state index contributed by atoms with van der Waals surface area (Å²) in [4.78, 5) is 13.5. The summed E-state index contributed by atoms with van der Waals surface area (Å²) in [5.41, 5.74) is 6.62. The van der Waals surface area contributed by atoms with Gasteiger partial charge in [-0.3, -0.25) is 4.79 Å². The predicted molar refractivity (Wildman–Crippen MR) is 68.9 cm³/mol. The van der Waals surface area contributed by atoms with Crippen molar-refractivity contribution in [1.82, 2.24) is 0 Å². The van der Waals surface area contributed by atoms with Gasteiger partial charge in [-0.05, 0) is 30.2 Å². The van der Waals surface area contributed by atoms with E-state index in [1.807, 2.05) is 13.8 Å². The molecule has 17 heavy (non-hydrogen) atoms. The van der Waals surface area contributed by atoms with Gasteiger partial charge < -0.3 is 15.7 Å². The molecule has 0 aliphatic carbocycles. The molecule has 0 aliphatic rings. The van der Waals surface area contributed by atoms with Gasteiger partial charge in [-0.15, -0.1) is 0 Å². The number of anilines is 1. The zero-order chi connectivity index (χ0) is 13.0. The Morgan fingerprint density at radius 2 is 1.88 bits per heavy atom. The Morgan fingerprint density at radius 3 is 2.35 bits per heavy atom. The van der Waals surface area contributed by atoms with Gasteiger partial charge >= 0.3 is 0 Å². The fraction of sp³-hybridized carbons (Fsp3) is 0.462. The van der Waals surface area contributed by atoms with E-state index in [1.165, 1.54) is 0 Å². The second kappa shape index (κ2) is 5.68. The molecule has 0 aromatic heterocycles. The first kappa shape index (κ1) is 13.5. The molecule has 1 rings (SSSR count). The number of benzene rings is 1. The van der Waals surface area contributed by atoms with E-state index in [0.717, 1.165) is 5.69 Å². The molecule has 94 valence electrons. The highest BCUT2D eigenvalue weighted by molar-refractivity contribution is 5.93. The standard InChI is InChI=1S/C13H20N2O2/c1-9(2)12(14)8-13(17)15(3)10-4-6-11(16)7-5-10/h4-7,9,12,16H,8,14H2,1-3H3. The van der Waals surface area contributed by atoms with E-state index in [1.54, 1.807) is 36.2 Å². The molecular weight excluding hydrogens is 216 g/mol. The van der Waals surface area contributed by atoms with Crippen LogP contribution in [-0.2, 0) is 4.79 Å². The van der Waals surface area contributed by atoms with Crippen molar-refractivity contribution in [3.63, 3.8) is 0 Å². The summed E-state index contributed by atoms with van der Waals surface area (Å²) in [6.45, 7) is 4.00. The van der Waals surface area contributed by atoms with Crippen LogP contribution < -0.4 is 10.6 Å². The highest BCUT2D eigenvalue weighted by Gasteiger charge is 2.17. The number of hydrogen-bond acceptors (Lipinski definition) is 3. The summed E-state index contributed by atoms with van der Waals surface area (Å²) in [6, 6.07) is 6.40. The number of carbonyl (C=O) groups excluding carboxylic acids is 1. The zero-order valence-electron chi connectivity index (χ0n) is 10.6. The van der Waals surface area contributed by atoms with Gasteiger partial charge in [0.2, 0.25) is 5.91 Å². The number of aromatic hydroxyl groups is 1. The second-order valence-corrected chi connectivity index (χ2v) is 4.58. The van der Waals surface area contributed by atoms with Gasteiger partial charge in [0, 0.05) is 25.2 Å². The van der Waals surface area contributed by atoms with Crippen molar-refractivity contribution in [1.29, 1.82) is 0 Å². The molecule has 4 heteroatoms. The molecule has 4 nitrogen and oxygen atoms in total. The fourth-order valence-corrected chi connectivity index (χ4v) is 1.39. The average molecular weight is 236 g/mol. The van der Waals surface area contributed by atoms with E-state index < -0.39 is 0 Å². The molecule has 0 radical (unpaired) electrons. The third-order valence-electron chi connectivity index (χ3n) is 2.88. The Balaban J connectivity index is 2.66. The first-order valence-electron chi connectivity index (χ1n) is 5.73. The number of amides is 1. The summed E-state index contributed by atoms with van der Waals surface area (Å²) in [6.07, 6.45) is 0.328. The first-order valence-corrected chi connectivity index (χ1v) is 5.73. The first-order chi connectivity index (χ1) is 7.91. The smallest absolute Gasteiger partial charge is 0.228 e. The molecular formula is C13H20N2O2. The Hall–Kier alpha value is -1.55. The number of nitrogens with zero attached hydrogens (tertiary/aromatic N) is 1. The molecule has 1 unspecified atom stereocenters. The van der Waals surface area contributed by atoms with E-state index in [9.17, 15) is 9.90 Å². The molecule has 0 saturated carbocycles. The van der Waals surface area contributed by atoms with Crippen LogP contribution in [-0.4, -0.2) is 24.1 Å². The minimum absolute atomic E-state index is 0.0168. The van der Waals surface area contributed by atoms with Gasteiger partial charge in [0.25, 0.3) is 0 Å². The number of nitrogens with two attached hydrogens (primary N) is 1. The summed E-state index contributed by atoms with van der Waals surface area (Å²) in [7, 11) is 1.71. The molecule has 0 saturated heterocycles. The molecule has 1 aromatic carbocycles. The summed E-state index contributed by atoms with van der Waals surface area (Å²) < 4.78 is 0. The molecule has 0 spiro atoms. The Morgan fingerprint density at radius 1 is 1.35 bits per heavy atom. The summed E-state index contributed by atoms with van der Waals surface area (Å²) in [5.74, 6) is 0.456. The maximum Gasteiger partial charge on any atom is 0.228 e. The maximum atomic E-state index is 11.9. The van der Waals surface area contributed by atoms with Crippen LogP contribution in [0.15, 0.2) is 24.3 Å². The molecule has 0 heterocycles. The van der Waals surface area contributed by atoms with Crippen LogP contribution in [0.25, 0.3) is 0 Å². The van der Waals surface area contributed by atoms with Crippen LogP contribution in [0.4, 0.5) is 5.69 Å². The van der Waals surface area contributed by atoms with Gasteiger partial charge in [-0.25, -0.2) is 0 Å². The lowest BCUT2D eigenvalue weighted by atomic mass is 10.0. The van der Waals surface area contributed by atoms with Crippen molar-refractivity contribution in [3.05, 3.63) is 24.3 Å². The van der Waals surface area contributed by atoms with E-state index in [0.29, 0.717) is 6.42 Å². The third-order valence-corrected chi connectivity index (χ3v) is 2.88. The predicted octanol–water partition coefficient (Wildman–Crippen LogP) is 1.73. The number of carbonyl (C=O) groups is 1. The molecule has 1 aromatic rings. The number of phenolic OH excluding ortho intramolecular Hbond substituents is 1. The second-order valence-electron chi connectivity index (χ2n) is 4.58. The van der Waals surface area contributed by atoms with Gasteiger partial charge in [-0.2, -0.15) is 0 Å². The quantitative estimate of drug-likeness (QED) is 0.836. The van der Waals surface area contributed by atoms with Crippen LogP contribution in [0.5, 0.6) is 5.75 Å². The summed E-state index contributed by atoms with van der Waals surface area (Å²) in [5, 5.41) is 9.17. The molecule has 1 amide bonds. The highest BCUT2D eigenvalue weighted by Crippen LogP contribution is 2.18. The lowest BCUT2D eigenvalue weighted by Gasteiger charge is -2.21. The van der Waals surface area contributed by atoms with Crippen LogP contribution in [0.2, 0.25) is 0 Å². The van der Waals surface area contributed by atoms with E-state index in [-0.39, 0.29) is 23.6 Å². The van der Waals surface area contributed by atoms with Gasteiger partial charge in [0.05, 0.1) is 0 Å². The molecule has 0 fully saturated rings. The monoisotopic (exact) mass is 236 g/mol. The molecule has 0 aliphatic heterocycles.